The molecule has 0 radical (unpaired) electrons. The third kappa shape index (κ3) is 4.23. The topological polar surface area (TPSA) is 49.4 Å². The fraction of sp³-hybridized carbons (Fsp3) is 0.529. The molecule has 0 bridgehead atoms. The third-order valence-corrected chi connectivity index (χ3v) is 4.18. The van der Waals surface area contributed by atoms with Gasteiger partial charge in [-0.05, 0) is 44.9 Å². The van der Waals surface area contributed by atoms with Crippen LogP contribution in [0.2, 0.25) is 5.02 Å². The quantitative estimate of drug-likeness (QED) is 0.926. The zero-order valence-corrected chi connectivity index (χ0v) is 14.1. The van der Waals surface area contributed by atoms with Crippen molar-refractivity contribution in [1.29, 1.82) is 0 Å². The van der Waals surface area contributed by atoms with Crippen LogP contribution in [0.4, 0.5) is 0 Å². The van der Waals surface area contributed by atoms with Gasteiger partial charge in [0.2, 0.25) is 11.8 Å². The van der Waals surface area contributed by atoms with Crippen molar-refractivity contribution in [2.24, 2.45) is 5.92 Å². The number of amides is 2. The third-order valence-electron chi connectivity index (χ3n) is 3.93. The Hall–Kier alpha value is -1.55. The molecule has 0 saturated carbocycles. The molecule has 1 atom stereocenters. The van der Waals surface area contributed by atoms with Gasteiger partial charge in [-0.3, -0.25) is 9.59 Å². The van der Waals surface area contributed by atoms with E-state index in [1.54, 1.807) is 4.90 Å². The first-order valence-electron chi connectivity index (χ1n) is 7.60. The van der Waals surface area contributed by atoms with E-state index in [1.807, 2.05) is 45.0 Å². The molecule has 120 valence electrons. The molecule has 1 N–H and O–H groups in total. The highest BCUT2D eigenvalue weighted by Gasteiger charge is 2.39. The molecule has 4 nitrogen and oxygen atoms in total. The first-order valence-corrected chi connectivity index (χ1v) is 7.98. The van der Waals surface area contributed by atoms with Crippen molar-refractivity contribution >= 4 is 23.4 Å². The van der Waals surface area contributed by atoms with E-state index >= 15 is 0 Å². The summed E-state index contributed by atoms with van der Waals surface area (Å²) in [4.78, 5) is 26.0. The van der Waals surface area contributed by atoms with Crippen LogP contribution in [0, 0.1) is 5.92 Å². The Kier molecular flexibility index (Phi) is 5.12. The van der Waals surface area contributed by atoms with Crippen molar-refractivity contribution in [3.8, 4) is 0 Å². The SMILES string of the molecule is CC(C)(C)N1C[C@H](C(=O)NCCc2ccc(Cl)cc2)CC1=O. The van der Waals surface area contributed by atoms with Crippen molar-refractivity contribution in [3.05, 3.63) is 34.9 Å². The molecule has 2 rings (SSSR count). The van der Waals surface area contributed by atoms with E-state index in [9.17, 15) is 9.59 Å². The molecule has 1 fully saturated rings. The minimum absolute atomic E-state index is 0.0333. The summed E-state index contributed by atoms with van der Waals surface area (Å²) in [6.45, 7) is 7.05. The van der Waals surface area contributed by atoms with Gasteiger partial charge in [0.25, 0.3) is 0 Å². The van der Waals surface area contributed by atoms with Crippen LogP contribution < -0.4 is 5.32 Å². The molecule has 0 aliphatic carbocycles. The first-order chi connectivity index (χ1) is 10.3. The molecule has 5 heteroatoms. The summed E-state index contributed by atoms with van der Waals surface area (Å²) < 4.78 is 0. The standard InChI is InChI=1S/C17H23ClN2O2/c1-17(2,3)20-11-13(10-15(20)21)16(22)19-9-8-12-4-6-14(18)7-5-12/h4-7,13H,8-11H2,1-3H3,(H,19,22)/t13-/m1/s1. The van der Waals surface area contributed by atoms with Gasteiger partial charge in [-0.25, -0.2) is 0 Å². The van der Waals surface area contributed by atoms with Crippen molar-refractivity contribution in [2.75, 3.05) is 13.1 Å². The molecular formula is C17H23ClN2O2. The summed E-state index contributed by atoms with van der Waals surface area (Å²) in [7, 11) is 0. The Morgan fingerprint density at radius 1 is 1.32 bits per heavy atom. The van der Waals surface area contributed by atoms with Gasteiger partial charge in [-0.1, -0.05) is 23.7 Å². The van der Waals surface area contributed by atoms with Crippen molar-refractivity contribution in [3.63, 3.8) is 0 Å². The Morgan fingerprint density at radius 3 is 2.50 bits per heavy atom. The van der Waals surface area contributed by atoms with Crippen LogP contribution in [0.15, 0.2) is 24.3 Å². The van der Waals surface area contributed by atoms with Crippen LogP contribution in [0.3, 0.4) is 0 Å². The number of carbonyl (C=O) groups excluding carboxylic acids is 2. The fourth-order valence-corrected chi connectivity index (χ4v) is 2.78. The summed E-state index contributed by atoms with van der Waals surface area (Å²) in [5, 5.41) is 3.64. The summed E-state index contributed by atoms with van der Waals surface area (Å²) in [5.74, 6) is -0.212. The number of benzene rings is 1. The van der Waals surface area contributed by atoms with Crippen LogP contribution in [-0.4, -0.2) is 35.3 Å². The highest BCUT2D eigenvalue weighted by atomic mass is 35.5. The van der Waals surface area contributed by atoms with Crippen LogP contribution in [-0.2, 0) is 16.0 Å². The van der Waals surface area contributed by atoms with Crippen molar-refractivity contribution in [2.45, 2.75) is 39.2 Å². The highest BCUT2D eigenvalue weighted by molar-refractivity contribution is 6.30. The van der Waals surface area contributed by atoms with E-state index in [0.29, 0.717) is 24.5 Å². The predicted octanol–water partition coefficient (Wildman–Crippen LogP) is 2.65. The lowest BCUT2D eigenvalue weighted by Crippen LogP contribution is -2.43. The molecule has 1 aromatic carbocycles. The second-order valence-electron chi connectivity index (χ2n) is 6.74. The van der Waals surface area contributed by atoms with E-state index < -0.39 is 0 Å². The zero-order valence-electron chi connectivity index (χ0n) is 13.4. The monoisotopic (exact) mass is 322 g/mol. The van der Waals surface area contributed by atoms with E-state index in [4.69, 9.17) is 11.6 Å². The lowest BCUT2D eigenvalue weighted by atomic mass is 10.1. The van der Waals surface area contributed by atoms with E-state index in [1.165, 1.54) is 0 Å². The van der Waals surface area contributed by atoms with Crippen LogP contribution in [0.5, 0.6) is 0 Å². The zero-order chi connectivity index (χ0) is 16.3. The Morgan fingerprint density at radius 2 is 1.95 bits per heavy atom. The van der Waals surface area contributed by atoms with E-state index in [0.717, 1.165) is 12.0 Å². The maximum absolute atomic E-state index is 12.2. The highest BCUT2D eigenvalue weighted by Crippen LogP contribution is 2.25. The van der Waals surface area contributed by atoms with Gasteiger partial charge in [0, 0.05) is 30.1 Å². The fourth-order valence-electron chi connectivity index (χ4n) is 2.66. The number of rotatable bonds is 4. The second-order valence-corrected chi connectivity index (χ2v) is 7.18. The van der Waals surface area contributed by atoms with Crippen molar-refractivity contribution in [1.82, 2.24) is 10.2 Å². The van der Waals surface area contributed by atoms with Gasteiger partial charge in [0.1, 0.15) is 0 Å². The molecule has 0 unspecified atom stereocenters. The number of hydrogen-bond donors (Lipinski definition) is 1. The number of hydrogen-bond acceptors (Lipinski definition) is 2. The molecule has 1 saturated heterocycles. The average molecular weight is 323 g/mol. The smallest absolute Gasteiger partial charge is 0.225 e. The summed E-state index contributed by atoms with van der Waals surface area (Å²) in [6, 6.07) is 7.59. The van der Waals surface area contributed by atoms with Crippen LogP contribution in [0.1, 0.15) is 32.8 Å². The minimum atomic E-state index is -0.239. The lowest BCUT2D eigenvalue weighted by molar-refractivity contribution is -0.132. The Labute approximate surface area is 136 Å². The molecule has 1 aliphatic heterocycles. The van der Waals surface area contributed by atoms with Crippen LogP contribution in [0.25, 0.3) is 0 Å². The molecule has 0 spiro atoms. The van der Waals surface area contributed by atoms with Gasteiger partial charge in [0.05, 0.1) is 5.92 Å². The van der Waals surface area contributed by atoms with E-state index in [2.05, 4.69) is 5.32 Å². The maximum atomic E-state index is 12.2. The molecule has 22 heavy (non-hydrogen) atoms. The van der Waals surface area contributed by atoms with E-state index in [-0.39, 0.29) is 23.3 Å². The summed E-state index contributed by atoms with van der Waals surface area (Å²) in [5.41, 5.74) is 0.901. The van der Waals surface area contributed by atoms with Crippen LogP contribution >= 0.6 is 11.6 Å². The van der Waals surface area contributed by atoms with Gasteiger partial charge in [-0.2, -0.15) is 0 Å². The number of nitrogens with zero attached hydrogens (tertiary/aromatic N) is 1. The predicted molar refractivity (Wildman–Crippen MR) is 87.7 cm³/mol. The molecule has 1 aliphatic rings. The maximum Gasteiger partial charge on any atom is 0.225 e. The molecule has 0 aromatic heterocycles. The second kappa shape index (κ2) is 6.69. The van der Waals surface area contributed by atoms with Crippen molar-refractivity contribution < 1.29 is 9.59 Å². The summed E-state index contributed by atoms with van der Waals surface area (Å²) >= 11 is 5.84. The number of halogens is 1. The number of likely N-dealkylation sites (tertiary alicyclic amines) is 1. The normalized spacial score (nSPS) is 18.6. The lowest BCUT2D eigenvalue weighted by Gasteiger charge is -2.31. The molecule has 2 amide bonds. The Balaban J connectivity index is 1.81. The molecule has 1 aromatic rings. The number of nitrogens with one attached hydrogen (secondary N) is 1. The molecule has 1 heterocycles. The van der Waals surface area contributed by atoms with Gasteiger partial charge >= 0.3 is 0 Å². The van der Waals surface area contributed by atoms with Gasteiger partial charge < -0.3 is 10.2 Å². The van der Waals surface area contributed by atoms with Gasteiger partial charge in [0.15, 0.2) is 0 Å². The van der Waals surface area contributed by atoms with Gasteiger partial charge in [-0.15, -0.1) is 0 Å². The first kappa shape index (κ1) is 16.8. The Bertz CT molecular complexity index is 549. The summed E-state index contributed by atoms with van der Waals surface area (Å²) in [6.07, 6.45) is 1.07. The average Bonchev–Trinajstić information content (AvgIpc) is 2.83. The minimum Gasteiger partial charge on any atom is -0.355 e. The number of carbonyl (C=O) groups is 2. The molecular weight excluding hydrogens is 300 g/mol. The largest absolute Gasteiger partial charge is 0.355 e.